The lowest BCUT2D eigenvalue weighted by Crippen LogP contribution is -2.58. The second kappa shape index (κ2) is 7.98. The number of thiazole rings is 1. The highest BCUT2D eigenvalue weighted by Gasteiger charge is 2.56. The van der Waals surface area contributed by atoms with Crippen molar-refractivity contribution in [3.8, 4) is 0 Å². The van der Waals surface area contributed by atoms with Crippen LogP contribution in [0, 0.1) is 0 Å². The van der Waals surface area contributed by atoms with Crippen molar-refractivity contribution < 1.29 is 14.7 Å². The molecule has 0 spiro atoms. The molecule has 29 heavy (non-hydrogen) atoms. The second-order valence-corrected chi connectivity index (χ2v) is 9.19. The van der Waals surface area contributed by atoms with Gasteiger partial charge in [0.15, 0.2) is 5.54 Å². The van der Waals surface area contributed by atoms with Crippen molar-refractivity contribution in [3.63, 3.8) is 0 Å². The topological polar surface area (TPSA) is 88.3 Å². The summed E-state index contributed by atoms with van der Waals surface area (Å²) in [4.78, 5) is 31.8. The van der Waals surface area contributed by atoms with Crippen molar-refractivity contribution >= 4 is 58.2 Å². The van der Waals surface area contributed by atoms with Crippen LogP contribution in [0.3, 0.4) is 0 Å². The van der Waals surface area contributed by atoms with Gasteiger partial charge >= 0.3 is 5.97 Å². The maximum Gasteiger partial charge on any atom is 0.332 e. The van der Waals surface area contributed by atoms with Crippen molar-refractivity contribution in [1.82, 2.24) is 19.7 Å². The van der Waals surface area contributed by atoms with Crippen LogP contribution in [0.4, 0.5) is 0 Å². The van der Waals surface area contributed by atoms with E-state index in [9.17, 15) is 14.7 Å². The Hall–Kier alpha value is -2.07. The van der Waals surface area contributed by atoms with Crippen molar-refractivity contribution in [1.29, 1.82) is 0 Å². The molecule has 7 nitrogen and oxygen atoms in total. The highest BCUT2D eigenvalue weighted by molar-refractivity contribution is 8.00. The smallest absolute Gasteiger partial charge is 0.332 e. The molecule has 1 fully saturated rings. The molecule has 0 bridgehead atoms. The number of rotatable bonds is 5. The fourth-order valence-corrected chi connectivity index (χ4v) is 5.92. The van der Waals surface area contributed by atoms with Gasteiger partial charge in [-0.15, -0.1) is 23.1 Å². The fourth-order valence-electron chi connectivity index (χ4n) is 3.21. The summed E-state index contributed by atoms with van der Waals surface area (Å²) in [7, 11) is 0. The normalized spacial score (nSPS) is 21.4. The van der Waals surface area contributed by atoms with Gasteiger partial charge in [0.05, 0.1) is 16.6 Å². The molecule has 1 saturated heterocycles. The predicted molar refractivity (Wildman–Crippen MR) is 113 cm³/mol. The standard InChI is InChI=1S/C18H14Cl2N4O3S2/c19-12-3-2-11(8-13(12)20)15(25)24-16(14-21-5-7-28-14)29-10-18(24,17(26)27)9-23-6-1-4-22-23/h1-8,16H,9-10H2,(H,26,27). The van der Waals surface area contributed by atoms with E-state index in [2.05, 4.69) is 10.1 Å². The summed E-state index contributed by atoms with van der Waals surface area (Å²) < 4.78 is 1.52. The zero-order valence-corrected chi connectivity index (χ0v) is 17.9. The van der Waals surface area contributed by atoms with E-state index in [-0.39, 0.29) is 22.9 Å². The first-order chi connectivity index (χ1) is 13.9. The van der Waals surface area contributed by atoms with E-state index in [1.54, 1.807) is 36.1 Å². The number of amides is 1. The third-order valence-electron chi connectivity index (χ3n) is 4.60. The fraction of sp³-hybridized carbons (Fsp3) is 0.222. The minimum Gasteiger partial charge on any atom is -0.479 e. The lowest BCUT2D eigenvalue weighted by molar-refractivity contribution is -0.149. The quantitative estimate of drug-likeness (QED) is 0.607. The number of carboxylic acids is 1. The lowest BCUT2D eigenvalue weighted by Gasteiger charge is -2.36. The zero-order chi connectivity index (χ0) is 20.6. The molecule has 3 aromatic rings. The molecular weight excluding hydrogens is 455 g/mol. The Kier molecular flexibility index (Phi) is 5.56. The molecule has 1 aliphatic heterocycles. The minimum absolute atomic E-state index is 0.0112. The average molecular weight is 469 g/mol. The molecule has 1 aliphatic rings. The summed E-state index contributed by atoms with van der Waals surface area (Å²) in [5.41, 5.74) is -1.24. The Morgan fingerprint density at radius 2 is 2.10 bits per heavy atom. The van der Waals surface area contributed by atoms with Crippen LogP contribution in [0.2, 0.25) is 10.0 Å². The van der Waals surface area contributed by atoms with Gasteiger partial charge in [0.1, 0.15) is 10.4 Å². The molecule has 150 valence electrons. The van der Waals surface area contributed by atoms with Crippen molar-refractivity contribution in [2.45, 2.75) is 17.5 Å². The molecule has 3 heterocycles. The van der Waals surface area contributed by atoms with Crippen LogP contribution in [0.15, 0.2) is 48.2 Å². The van der Waals surface area contributed by atoms with Gasteiger partial charge < -0.3 is 10.0 Å². The van der Waals surface area contributed by atoms with Crippen molar-refractivity contribution in [2.24, 2.45) is 0 Å². The van der Waals surface area contributed by atoms with Crippen LogP contribution in [-0.4, -0.2) is 47.9 Å². The van der Waals surface area contributed by atoms with Crippen molar-refractivity contribution in [3.05, 3.63) is 68.9 Å². The molecule has 2 unspecified atom stereocenters. The number of carboxylic acid groups (broad SMARTS) is 1. The van der Waals surface area contributed by atoms with Gasteiger partial charge in [0.25, 0.3) is 5.91 Å². The van der Waals surface area contributed by atoms with Gasteiger partial charge in [-0.1, -0.05) is 23.2 Å². The second-order valence-electron chi connectivity index (χ2n) is 6.38. The van der Waals surface area contributed by atoms with E-state index in [1.807, 2.05) is 0 Å². The molecule has 2 atom stereocenters. The Balaban J connectivity index is 1.82. The first-order valence-electron chi connectivity index (χ1n) is 8.43. The summed E-state index contributed by atoms with van der Waals surface area (Å²) in [6.07, 6.45) is 4.88. The molecule has 1 aromatic carbocycles. The van der Waals surface area contributed by atoms with Crippen LogP contribution >= 0.6 is 46.3 Å². The van der Waals surface area contributed by atoms with Gasteiger partial charge in [-0.05, 0) is 24.3 Å². The monoisotopic (exact) mass is 468 g/mol. The molecule has 0 radical (unpaired) electrons. The molecule has 2 aromatic heterocycles. The van der Waals surface area contributed by atoms with Crippen molar-refractivity contribution in [2.75, 3.05) is 5.75 Å². The van der Waals surface area contributed by atoms with E-state index in [1.165, 1.54) is 44.8 Å². The molecule has 4 rings (SSSR count). The summed E-state index contributed by atoms with van der Waals surface area (Å²) >= 11 is 14.8. The maximum atomic E-state index is 13.6. The summed E-state index contributed by atoms with van der Waals surface area (Å²) in [5, 5.41) is 16.8. The largest absolute Gasteiger partial charge is 0.479 e. The number of hydrogen-bond donors (Lipinski definition) is 1. The highest BCUT2D eigenvalue weighted by Crippen LogP contribution is 2.48. The van der Waals surface area contributed by atoms with Crippen LogP contribution in [0.25, 0.3) is 0 Å². The zero-order valence-electron chi connectivity index (χ0n) is 14.7. The van der Waals surface area contributed by atoms with Gasteiger partial charge in [0.2, 0.25) is 0 Å². The Morgan fingerprint density at radius 1 is 1.28 bits per heavy atom. The number of halogens is 2. The Bertz CT molecular complexity index is 1050. The van der Waals surface area contributed by atoms with Crippen LogP contribution in [0.1, 0.15) is 20.7 Å². The molecule has 1 N–H and O–H groups in total. The number of aromatic nitrogens is 3. The first-order valence-corrected chi connectivity index (χ1v) is 11.1. The highest BCUT2D eigenvalue weighted by atomic mass is 35.5. The Morgan fingerprint density at radius 3 is 2.72 bits per heavy atom. The van der Waals surface area contributed by atoms with Gasteiger partial charge in [-0.25, -0.2) is 9.78 Å². The number of carbonyl (C=O) groups is 2. The van der Waals surface area contributed by atoms with Crippen LogP contribution in [-0.2, 0) is 11.3 Å². The molecule has 1 amide bonds. The Labute approximate surface area is 184 Å². The average Bonchev–Trinajstić information content (AvgIpc) is 3.44. The van der Waals surface area contributed by atoms with E-state index >= 15 is 0 Å². The van der Waals surface area contributed by atoms with E-state index in [0.29, 0.717) is 10.0 Å². The molecule has 0 saturated carbocycles. The van der Waals surface area contributed by atoms with Crippen LogP contribution in [0.5, 0.6) is 0 Å². The summed E-state index contributed by atoms with van der Waals surface area (Å²) in [6.45, 7) is 0.0112. The van der Waals surface area contributed by atoms with Gasteiger partial charge in [0, 0.05) is 35.3 Å². The molecule has 0 aliphatic carbocycles. The lowest BCUT2D eigenvalue weighted by atomic mass is 9.98. The number of carbonyl (C=O) groups excluding carboxylic acids is 1. The molecule has 11 heteroatoms. The van der Waals surface area contributed by atoms with Crippen LogP contribution < -0.4 is 0 Å². The SMILES string of the molecule is O=C(c1ccc(Cl)c(Cl)c1)N1C(c2nccs2)SCC1(Cn1cccn1)C(=O)O. The number of thioether (sulfide) groups is 1. The van der Waals surface area contributed by atoms with E-state index in [4.69, 9.17) is 23.2 Å². The van der Waals surface area contributed by atoms with E-state index in [0.717, 1.165) is 0 Å². The maximum absolute atomic E-state index is 13.6. The van der Waals surface area contributed by atoms with E-state index < -0.39 is 22.8 Å². The predicted octanol–water partition coefficient (Wildman–Crippen LogP) is 4.06. The third kappa shape index (κ3) is 3.63. The first kappa shape index (κ1) is 20.2. The number of hydrogen-bond acceptors (Lipinski definition) is 6. The number of aliphatic carboxylic acids is 1. The van der Waals surface area contributed by atoms with Gasteiger partial charge in [-0.2, -0.15) is 5.10 Å². The summed E-state index contributed by atoms with van der Waals surface area (Å²) in [5.74, 6) is -1.37. The molecular formula is C18H14Cl2N4O3S2. The summed E-state index contributed by atoms with van der Waals surface area (Å²) in [6, 6.07) is 6.23. The number of benzene rings is 1. The third-order valence-corrected chi connectivity index (χ3v) is 7.71. The van der Waals surface area contributed by atoms with Gasteiger partial charge in [-0.3, -0.25) is 9.48 Å². The minimum atomic E-state index is -1.50. The number of nitrogens with zero attached hydrogens (tertiary/aromatic N) is 4.